The number of carbonyl (C=O) groups excluding carboxylic acids is 2. The minimum Gasteiger partial charge on any atom is -0.493 e. The summed E-state index contributed by atoms with van der Waals surface area (Å²) in [6.07, 6.45) is 0.156. The maximum Gasteiger partial charge on any atom is 0.251 e. The van der Waals surface area contributed by atoms with E-state index < -0.39 is 6.04 Å². The molecular formula is C22H24FN3O4. The molecule has 4 rings (SSSR count). The van der Waals surface area contributed by atoms with Crippen LogP contribution in [-0.4, -0.2) is 63.2 Å². The number of carbonyl (C=O) groups is 2. The van der Waals surface area contributed by atoms with Crippen molar-refractivity contribution in [3.8, 4) is 11.5 Å². The minimum atomic E-state index is -0.471. The predicted molar refractivity (Wildman–Crippen MR) is 111 cm³/mol. The first-order valence-electron chi connectivity index (χ1n) is 9.85. The van der Waals surface area contributed by atoms with Gasteiger partial charge in [0.15, 0.2) is 11.5 Å². The first-order valence-corrected chi connectivity index (χ1v) is 9.85. The van der Waals surface area contributed by atoms with Gasteiger partial charge in [-0.15, -0.1) is 0 Å². The molecule has 1 atom stereocenters. The Morgan fingerprint density at radius 2 is 1.50 bits per heavy atom. The Hall–Kier alpha value is -3.13. The van der Waals surface area contributed by atoms with Crippen molar-refractivity contribution in [1.82, 2.24) is 4.90 Å². The van der Waals surface area contributed by atoms with Gasteiger partial charge < -0.3 is 14.4 Å². The molecule has 0 bridgehead atoms. The van der Waals surface area contributed by atoms with Crippen LogP contribution in [0.5, 0.6) is 11.5 Å². The van der Waals surface area contributed by atoms with Crippen molar-refractivity contribution in [2.75, 3.05) is 50.2 Å². The van der Waals surface area contributed by atoms with Crippen LogP contribution < -0.4 is 19.3 Å². The van der Waals surface area contributed by atoms with Gasteiger partial charge in [0.2, 0.25) is 5.91 Å². The van der Waals surface area contributed by atoms with Crippen LogP contribution in [0.25, 0.3) is 0 Å². The molecule has 0 spiro atoms. The second kappa shape index (κ2) is 8.31. The van der Waals surface area contributed by atoms with Crippen LogP contribution in [0.1, 0.15) is 6.42 Å². The summed E-state index contributed by atoms with van der Waals surface area (Å²) in [5.41, 5.74) is 1.44. The molecule has 7 nitrogen and oxygen atoms in total. The molecule has 2 aliphatic rings. The van der Waals surface area contributed by atoms with Crippen LogP contribution in [-0.2, 0) is 9.59 Å². The van der Waals surface area contributed by atoms with E-state index >= 15 is 0 Å². The Balaban J connectivity index is 1.45. The maximum absolute atomic E-state index is 13.2. The summed E-state index contributed by atoms with van der Waals surface area (Å²) >= 11 is 0. The molecule has 0 N–H and O–H groups in total. The van der Waals surface area contributed by atoms with Crippen LogP contribution in [0.15, 0.2) is 42.5 Å². The summed E-state index contributed by atoms with van der Waals surface area (Å²) in [5, 5.41) is 0. The monoisotopic (exact) mass is 413 g/mol. The molecule has 30 heavy (non-hydrogen) atoms. The highest BCUT2D eigenvalue weighted by Crippen LogP contribution is 2.34. The van der Waals surface area contributed by atoms with Crippen molar-refractivity contribution in [3.05, 3.63) is 48.3 Å². The molecule has 2 amide bonds. The van der Waals surface area contributed by atoms with Crippen LogP contribution in [0.2, 0.25) is 0 Å². The van der Waals surface area contributed by atoms with Gasteiger partial charge in [0.25, 0.3) is 5.91 Å². The molecule has 0 saturated carbocycles. The number of halogens is 1. The van der Waals surface area contributed by atoms with Crippen molar-refractivity contribution in [2.45, 2.75) is 12.5 Å². The number of benzene rings is 2. The number of amides is 2. The van der Waals surface area contributed by atoms with E-state index in [0.717, 1.165) is 5.69 Å². The third kappa shape index (κ3) is 3.70. The lowest BCUT2D eigenvalue weighted by Gasteiger charge is -2.38. The van der Waals surface area contributed by atoms with Gasteiger partial charge in [-0.2, -0.15) is 0 Å². The van der Waals surface area contributed by atoms with E-state index in [9.17, 15) is 14.0 Å². The van der Waals surface area contributed by atoms with E-state index in [1.54, 1.807) is 30.3 Å². The third-order valence-electron chi connectivity index (χ3n) is 5.69. The molecule has 2 fully saturated rings. The highest BCUT2D eigenvalue weighted by Gasteiger charge is 2.43. The van der Waals surface area contributed by atoms with E-state index in [1.165, 1.54) is 31.3 Å². The number of imide groups is 1. The Bertz CT molecular complexity index is 942. The molecule has 0 aromatic heterocycles. The largest absolute Gasteiger partial charge is 0.493 e. The highest BCUT2D eigenvalue weighted by atomic mass is 19.1. The Kier molecular flexibility index (Phi) is 5.59. The minimum absolute atomic E-state index is 0.156. The van der Waals surface area contributed by atoms with Crippen molar-refractivity contribution < 1.29 is 23.5 Å². The van der Waals surface area contributed by atoms with E-state index in [0.29, 0.717) is 43.4 Å². The van der Waals surface area contributed by atoms with Crippen LogP contribution >= 0.6 is 0 Å². The fourth-order valence-corrected chi connectivity index (χ4v) is 4.08. The molecule has 0 aliphatic carbocycles. The summed E-state index contributed by atoms with van der Waals surface area (Å²) in [4.78, 5) is 31.2. The van der Waals surface area contributed by atoms with Gasteiger partial charge in [-0.05, 0) is 36.4 Å². The van der Waals surface area contributed by atoms with Crippen molar-refractivity contribution in [3.63, 3.8) is 0 Å². The molecule has 2 aliphatic heterocycles. The van der Waals surface area contributed by atoms with E-state index in [1.807, 2.05) is 0 Å². The molecule has 2 aromatic rings. The molecule has 158 valence electrons. The smallest absolute Gasteiger partial charge is 0.251 e. The number of ether oxygens (including phenoxy) is 2. The van der Waals surface area contributed by atoms with Gasteiger partial charge in [-0.25, -0.2) is 9.29 Å². The standard InChI is InChI=1S/C22H24FN3O4/c1-29-19-8-7-17(13-20(19)30-2)26-21(27)14-18(22(26)28)25-11-9-24(10-12-25)16-5-3-15(23)4-6-16/h3-8,13,18H,9-12,14H2,1-2H3/t18-/m1/s1. The molecule has 2 saturated heterocycles. The summed E-state index contributed by atoms with van der Waals surface area (Å²) in [5.74, 6) is 0.295. The summed E-state index contributed by atoms with van der Waals surface area (Å²) in [6.45, 7) is 2.72. The van der Waals surface area contributed by atoms with E-state index in [2.05, 4.69) is 9.80 Å². The Morgan fingerprint density at radius 1 is 0.867 bits per heavy atom. The molecule has 0 radical (unpaired) electrons. The fourth-order valence-electron chi connectivity index (χ4n) is 4.08. The van der Waals surface area contributed by atoms with Crippen LogP contribution in [0, 0.1) is 5.82 Å². The van der Waals surface area contributed by atoms with Crippen molar-refractivity contribution in [2.24, 2.45) is 0 Å². The summed E-state index contributed by atoms with van der Waals surface area (Å²) in [7, 11) is 3.05. The zero-order chi connectivity index (χ0) is 21.3. The lowest BCUT2D eigenvalue weighted by molar-refractivity contribution is -0.123. The average molecular weight is 413 g/mol. The topological polar surface area (TPSA) is 62.3 Å². The SMILES string of the molecule is COc1ccc(N2C(=O)C[C@@H](N3CCN(c4ccc(F)cc4)CC3)C2=O)cc1OC. The van der Waals surface area contributed by atoms with Gasteiger partial charge in [-0.3, -0.25) is 14.5 Å². The lowest BCUT2D eigenvalue weighted by atomic mass is 10.1. The van der Waals surface area contributed by atoms with Gasteiger partial charge in [0.1, 0.15) is 5.82 Å². The normalized spacial score (nSPS) is 20.0. The van der Waals surface area contributed by atoms with Crippen LogP contribution in [0.3, 0.4) is 0 Å². The second-order valence-corrected chi connectivity index (χ2v) is 7.33. The molecular weight excluding hydrogens is 389 g/mol. The Labute approximate surface area is 174 Å². The molecule has 2 heterocycles. The van der Waals surface area contributed by atoms with E-state index in [4.69, 9.17) is 9.47 Å². The van der Waals surface area contributed by atoms with Gasteiger partial charge in [0.05, 0.1) is 32.4 Å². The second-order valence-electron chi connectivity index (χ2n) is 7.33. The van der Waals surface area contributed by atoms with Gasteiger partial charge >= 0.3 is 0 Å². The number of anilines is 2. The number of rotatable bonds is 5. The Morgan fingerprint density at radius 3 is 2.13 bits per heavy atom. The molecule has 8 heteroatoms. The van der Waals surface area contributed by atoms with Gasteiger partial charge in [0, 0.05) is 37.9 Å². The summed E-state index contributed by atoms with van der Waals surface area (Å²) in [6, 6.07) is 11.0. The zero-order valence-electron chi connectivity index (χ0n) is 17.0. The fraction of sp³-hybridized carbons (Fsp3) is 0.364. The number of hydrogen-bond acceptors (Lipinski definition) is 6. The zero-order valence-corrected chi connectivity index (χ0v) is 17.0. The quantitative estimate of drug-likeness (QED) is 0.701. The average Bonchev–Trinajstić information content (AvgIpc) is 3.07. The summed E-state index contributed by atoms with van der Waals surface area (Å²) < 4.78 is 23.7. The maximum atomic E-state index is 13.2. The highest BCUT2D eigenvalue weighted by molar-refractivity contribution is 6.22. The molecule has 2 aromatic carbocycles. The third-order valence-corrected chi connectivity index (χ3v) is 5.69. The van der Waals surface area contributed by atoms with E-state index in [-0.39, 0.29) is 24.1 Å². The number of nitrogens with zero attached hydrogens (tertiary/aromatic N) is 3. The number of hydrogen-bond donors (Lipinski definition) is 0. The van der Waals surface area contributed by atoms with Crippen LogP contribution in [0.4, 0.5) is 15.8 Å². The van der Waals surface area contributed by atoms with Crippen molar-refractivity contribution >= 4 is 23.2 Å². The first-order chi connectivity index (χ1) is 14.5. The number of piperazine rings is 1. The van der Waals surface area contributed by atoms with Gasteiger partial charge in [-0.1, -0.05) is 0 Å². The molecule has 0 unspecified atom stereocenters. The number of methoxy groups -OCH3 is 2. The predicted octanol–water partition coefficient (Wildman–Crippen LogP) is 2.30. The first kappa shape index (κ1) is 20.2. The lowest BCUT2D eigenvalue weighted by Crippen LogP contribution is -2.52. The van der Waals surface area contributed by atoms with Crippen molar-refractivity contribution in [1.29, 1.82) is 0 Å².